The molecular weight excluding hydrogens is 144 g/mol. The molecule has 2 amide bonds. The van der Waals surface area contributed by atoms with Gasteiger partial charge in [-0.25, -0.2) is 0 Å². The molecule has 1 saturated heterocycles. The molecule has 0 aliphatic carbocycles. The van der Waals surface area contributed by atoms with Crippen molar-refractivity contribution in [3.63, 3.8) is 0 Å². The Bertz CT molecular complexity index is 171. The highest BCUT2D eigenvalue weighted by molar-refractivity contribution is 5.79. The first-order valence-electron chi connectivity index (χ1n) is 3.66. The third-order valence-corrected chi connectivity index (χ3v) is 2.04. The Morgan fingerprint density at radius 3 is 2.45 bits per heavy atom. The molecule has 1 heterocycles. The predicted octanol–water partition coefficient (Wildman–Crippen LogP) is -0.660. The SMILES string of the molecule is CC(=O)N1CC[C@@H](C(N)=O)C1. The van der Waals surface area contributed by atoms with Gasteiger partial charge in [-0.15, -0.1) is 0 Å². The second-order valence-electron chi connectivity index (χ2n) is 2.85. The molecule has 0 bridgehead atoms. The van der Waals surface area contributed by atoms with E-state index in [1.165, 1.54) is 6.92 Å². The van der Waals surface area contributed by atoms with Crippen LogP contribution in [-0.4, -0.2) is 29.8 Å². The molecule has 0 saturated carbocycles. The van der Waals surface area contributed by atoms with Gasteiger partial charge in [0.1, 0.15) is 0 Å². The van der Waals surface area contributed by atoms with Crippen molar-refractivity contribution in [1.82, 2.24) is 4.90 Å². The van der Waals surface area contributed by atoms with Crippen LogP contribution in [-0.2, 0) is 9.59 Å². The van der Waals surface area contributed by atoms with Gasteiger partial charge >= 0.3 is 0 Å². The molecule has 1 atom stereocenters. The van der Waals surface area contributed by atoms with Crippen molar-refractivity contribution in [3.05, 3.63) is 0 Å². The number of hydrogen-bond acceptors (Lipinski definition) is 2. The average molecular weight is 156 g/mol. The number of carbonyl (C=O) groups excluding carboxylic acids is 2. The van der Waals surface area contributed by atoms with Gasteiger partial charge in [0, 0.05) is 20.0 Å². The van der Waals surface area contributed by atoms with E-state index < -0.39 is 0 Å². The van der Waals surface area contributed by atoms with Gasteiger partial charge in [-0.3, -0.25) is 9.59 Å². The summed E-state index contributed by atoms with van der Waals surface area (Å²) in [5.74, 6) is -0.401. The van der Waals surface area contributed by atoms with Crippen LogP contribution in [0.4, 0.5) is 0 Å². The largest absolute Gasteiger partial charge is 0.369 e. The summed E-state index contributed by atoms with van der Waals surface area (Å²) in [5, 5.41) is 0. The molecule has 0 radical (unpaired) electrons. The van der Waals surface area contributed by atoms with E-state index in [1.807, 2.05) is 0 Å². The number of primary amides is 1. The Kier molecular flexibility index (Phi) is 2.12. The highest BCUT2D eigenvalue weighted by Gasteiger charge is 2.27. The van der Waals surface area contributed by atoms with Crippen LogP contribution in [0, 0.1) is 5.92 Å². The van der Waals surface area contributed by atoms with Crippen molar-refractivity contribution < 1.29 is 9.59 Å². The molecule has 1 aliphatic rings. The van der Waals surface area contributed by atoms with Crippen LogP contribution in [0.5, 0.6) is 0 Å². The van der Waals surface area contributed by atoms with Crippen molar-refractivity contribution in [2.24, 2.45) is 11.7 Å². The second-order valence-corrected chi connectivity index (χ2v) is 2.85. The Hall–Kier alpha value is -1.06. The lowest BCUT2D eigenvalue weighted by molar-refractivity contribution is -0.128. The summed E-state index contributed by atoms with van der Waals surface area (Å²) in [6.07, 6.45) is 0.717. The lowest BCUT2D eigenvalue weighted by atomic mass is 10.1. The Labute approximate surface area is 65.3 Å². The quantitative estimate of drug-likeness (QED) is 0.547. The van der Waals surface area contributed by atoms with E-state index in [-0.39, 0.29) is 17.7 Å². The fourth-order valence-corrected chi connectivity index (χ4v) is 1.28. The number of nitrogens with zero attached hydrogens (tertiary/aromatic N) is 1. The highest BCUT2D eigenvalue weighted by Crippen LogP contribution is 2.14. The van der Waals surface area contributed by atoms with Crippen molar-refractivity contribution >= 4 is 11.8 Å². The maximum absolute atomic E-state index is 10.8. The van der Waals surface area contributed by atoms with Crippen molar-refractivity contribution in [2.45, 2.75) is 13.3 Å². The number of amides is 2. The van der Waals surface area contributed by atoms with E-state index in [2.05, 4.69) is 0 Å². The molecule has 0 spiro atoms. The maximum atomic E-state index is 10.8. The zero-order chi connectivity index (χ0) is 8.43. The first-order chi connectivity index (χ1) is 5.11. The Morgan fingerprint density at radius 2 is 2.18 bits per heavy atom. The molecule has 62 valence electrons. The Balaban J connectivity index is 2.47. The molecule has 4 heteroatoms. The minimum absolute atomic E-state index is 0.0220. The standard InChI is InChI=1S/C7H12N2O2/c1-5(10)9-3-2-6(4-9)7(8)11/h6H,2-4H2,1H3,(H2,8,11)/t6-/m1/s1. The summed E-state index contributed by atoms with van der Waals surface area (Å²) in [6.45, 7) is 2.68. The smallest absolute Gasteiger partial charge is 0.222 e. The molecule has 2 N–H and O–H groups in total. The summed E-state index contributed by atoms with van der Waals surface area (Å²) in [6, 6.07) is 0. The first kappa shape index (κ1) is 8.04. The number of likely N-dealkylation sites (tertiary alicyclic amines) is 1. The van der Waals surface area contributed by atoms with Crippen LogP contribution in [0.1, 0.15) is 13.3 Å². The molecule has 1 rings (SSSR count). The van der Waals surface area contributed by atoms with Gasteiger partial charge in [0.2, 0.25) is 11.8 Å². The van der Waals surface area contributed by atoms with Crippen LogP contribution in [0.25, 0.3) is 0 Å². The number of hydrogen-bond donors (Lipinski definition) is 1. The van der Waals surface area contributed by atoms with E-state index in [0.29, 0.717) is 13.1 Å². The molecule has 11 heavy (non-hydrogen) atoms. The lowest BCUT2D eigenvalue weighted by Crippen LogP contribution is -2.29. The van der Waals surface area contributed by atoms with Crippen molar-refractivity contribution in [2.75, 3.05) is 13.1 Å². The lowest BCUT2D eigenvalue weighted by Gasteiger charge is -2.11. The summed E-state index contributed by atoms with van der Waals surface area (Å²) in [5.41, 5.74) is 5.08. The molecule has 0 aromatic carbocycles. The maximum Gasteiger partial charge on any atom is 0.222 e. The Morgan fingerprint density at radius 1 is 1.55 bits per heavy atom. The fraction of sp³-hybridized carbons (Fsp3) is 0.714. The van der Waals surface area contributed by atoms with Crippen LogP contribution in [0.2, 0.25) is 0 Å². The third kappa shape index (κ3) is 1.69. The minimum Gasteiger partial charge on any atom is -0.369 e. The van der Waals surface area contributed by atoms with Gasteiger partial charge in [0.15, 0.2) is 0 Å². The molecule has 1 fully saturated rings. The zero-order valence-corrected chi connectivity index (χ0v) is 6.54. The topological polar surface area (TPSA) is 63.4 Å². The van der Waals surface area contributed by atoms with E-state index in [9.17, 15) is 9.59 Å². The summed E-state index contributed by atoms with van der Waals surface area (Å²) in [4.78, 5) is 23.1. The molecule has 4 nitrogen and oxygen atoms in total. The summed E-state index contributed by atoms with van der Waals surface area (Å²) >= 11 is 0. The van der Waals surface area contributed by atoms with Crippen LogP contribution >= 0.6 is 0 Å². The summed E-state index contributed by atoms with van der Waals surface area (Å²) < 4.78 is 0. The van der Waals surface area contributed by atoms with Crippen molar-refractivity contribution in [3.8, 4) is 0 Å². The van der Waals surface area contributed by atoms with E-state index in [0.717, 1.165) is 6.42 Å². The van der Waals surface area contributed by atoms with Crippen molar-refractivity contribution in [1.29, 1.82) is 0 Å². The van der Waals surface area contributed by atoms with Gasteiger partial charge in [0.25, 0.3) is 0 Å². The molecule has 0 aromatic rings. The average Bonchev–Trinajstić information content (AvgIpc) is 2.33. The second kappa shape index (κ2) is 2.90. The number of nitrogens with two attached hydrogens (primary N) is 1. The number of rotatable bonds is 1. The molecule has 0 aromatic heterocycles. The normalized spacial score (nSPS) is 23.7. The minimum atomic E-state index is -0.297. The first-order valence-corrected chi connectivity index (χ1v) is 3.66. The molecular formula is C7H12N2O2. The van der Waals surface area contributed by atoms with Gasteiger partial charge in [-0.2, -0.15) is 0 Å². The molecule has 0 unspecified atom stereocenters. The van der Waals surface area contributed by atoms with Gasteiger partial charge in [-0.05, 0) is 6.42 Å². The summed E-state index contributed by atoms with van der Waals surface area (Å²) in [7, 11) is 0. The van der Waals surface area contributed by atoms with Gasteiger partial charge in [0.05, 0.1) is 5.92 Å². The van der Waals surface area contributed by atoms with Gasteiger partial charge in [-0.1, -0.05) is 0 Å². The molecule has 1 aliphatic heterocycles. The van der Waals surface area contributed by atoms with Crippen LogP contribution < -0.4 is 5.73 Å². The predicted molar refractivity (Wildman–Crippen MR) is 39.6 cm³/mol. The zero-order valence-electron chi connectivity index (χ0n) is 6.54. The van der Waals surface area contributed by atoms with Crippen LogP contribution in [0.15, 0.2) is 0 Å². The van der Waals surface area contributed by atoms with Gasteiger partial charge < -0.3 is 10.6 Å². The van der Waals surface area contributed by atoms with E-state index in [1.54, 1.807) is 4.90 Å². The monoisotopic (exact) mass is 156 g/mol. The van der Waals surface area contributed by atoms with E-state index in [4.69, 9.17) is 5.73 Å². The third-order valence-electron chi connectivity index (χ3n) is 2.04. The van der Waals surface area contributed by atoms with E-state index >= 15 is 0 Å². The highest BCUT2D eigenvalue weighted by atomic mass is 16.2. The van der Waals surface area contributed by atoms with Crippen LogP contribution in [0.3, 0.4) is 0 Å². The number of carbonyl (C=O) groups is 2. The fourth-order valence-electron chi connectivity index (χ4n) is 1.28.